The molecule has 0 saturated heterocycles. The van der Waals surface area contributed by atoms with Crippen molar-refractivity contribution in [3.63, 3.8) is 0 Å². The average Bonchev–Trinajstić information content (AvgIpc) is 2.47. The summed E-state index contributed by atoms with van der Waals surface area (Å²) < 4.78 is 18.9. The lowest BCUT2D eigenvalue weighted by Crippen LogP contribution is -2.21. The number of benzene rings is 2. The monoisotopic (exact) mass is 309 g/mol. The van der Waals surface area contributed by atoms with E-state index in [1.807, 2.05) is 0 Å². The molecule has 0 radical (unpaired) electrons. The number of rotatable bonds is 5. The van der Waals surface area contributed by atoms with Crippen LogP contribution in [-0.2, 0) is 4.79 Å². The Kier molecular flexibility index (Phi) is 4.65. The van der Waals surface area contributed by atoms with Crippen molar-refractivity contribution >= 4 is 23.3 Å². The first-order valence-electron chi connectivity index (χ1n) is 6.09. The predicted octanol–water partition coefficient (Wildman–Crippen LogP) is 3.73. The van der Waals surface area contributed by atoms with E-state index >= 15 is 0 Å². The zero-order chi connectivity index (χ0) is 15.4. The van der Waals surface area contributed by atoms with Crippen LogP contribution < -0.4 is 10.1 Å². The molecule has 0 bridgehead atoms. The van der Waals surface area contributed by atoms with Gasteiger partial charge < -0.3 is 15.2 Å². The number of aliphatic carboxylic acids is 1. The van der Waals surface area contributed by atoms with Crippen molar-refractivity contribution in [2.75, 3.05) is 12.4 Å². The molecule has 1 atom stereocenters. The van der Waals surface area contributed by atoms with Gasteiger partial charge in [0, 0.05) is 22.3 Å². The van der Waals surface area contributed by atoms with Gasteiger partial charge in [-0.05, 0) is 30.3 Å². The van der Waals surface area contributed by atoms with Crippen molar-refractivity contribution in [1.29, 1.82) is 0 Å². The zero-order valence-corrected chi connectivity index (χ0v) is 11.9. The van der Waals surface area contributed by atoms with Crippen LogP contribution in [0.15, 0.2) is 42.5 Å². The molecule has 2 aromatic rings. The Labute approximate surface area is 126 Å². The highest BCUT2D eigenvalue weighted by molar-refractivity contribution is 6.30. The van der Waals surface area contributed by atoms with Crippen molar-refractivity contribution in [3.8, 4) is 5.75 Å². The maximum absolute atomic E-state index is 13.8. The maximum atomic E-state index is 13.8. The van der Waals surface area contributed by atoms with Crippen molar-refractivity contribution in [2.45, 2.75) is 6.04 Å². The molecule has 21 heavy (non-hydrogen) atoms. The topological polar surface area (TPSA) is 58.6 Å². The molecule has 2 aromatic carbocycles. The number of nitrogens with one attached hydrogen (secondary N) is 1. The Morgan fingerprint density at radius 1 is 1.33 bits per heavy atom. The molecule has 0 aliphatic heterocycles. The summed E-state index contributed by atoms with van der Waals surface area (Å²) in [5.41, 5.74) is 0.471. The quantitative estimate of drug-likeness (QED) is 0.883. The number of carboxylic acids is 1. The van der Waals surface area contributed by atoms with Gasteiger partial charge in [0.15, 0.2) is 6.04 Å². The van der Waals surface area contributed by atoms with Crippen LogP contribution in [0.2, 0.25) is 5.02 Å². The summed E-state index contributed by atoms with van der Waals surface area (Å²) in [7, 11) is 1.50. The molecule has 0 spiro atoms. The molecular weight excluding hydrogens is 297 g/mol. The number of methoxy groups -OCH3 is 1. The number of halogens is 2. The number of hydrogen-bond acceptors (Lipinski definition) is 3. The lowest BCUT2D eigenvalue weighted by atomic mass is 10.1. The average molecular weight is 310 g/mol. The number of hydrogen-bond donors (Lipinski definition) is 2. The molecular formula is C15H13ClFNO3. The van der Waals surface area contributed by atoms with E-state index in [0.717, 1.165) is 6.07 Å². The molecule has 2 N–H and O–H groups in total. The SMILES string of the molecule is COc1cccc(NC(C(=O)O)c2cc(Cl)ccc2F)c1. The largest absolute Gasteiger partial charge is 0.497 e. The van der Waals surface area contributed by atoms with E-state index < -0.39 is 17.8 Å². The van der Waals surface area contributed by atoms with Crippen LogP contribution in [0.3, 0.4) is 0 Å². The fraction of sp³-hybridized carbons (Fsp3) is 0.133. The highest BCUT2D eigenvalue weighted by Gasteiger charge is 2.23. The van der Waals surface area contributed by atoms with E-state index in [9.17, 15) is 14.3 Å². The second kappa shape index (κ2) is 6.45. The van der Waals surface area contributed by atoms with Gasteiger partial charge in [0.1, 0.15) is 11.6 Å². The minimum atomic E-state index is -1.25. The van der Waals surface area contributed by atoms with Crippen molar-refractivity contribution in [3.05, 3.63) is 58.9 Å². The van der Waals surface area contributed by atoms with Crippen LogP contribution in [0.4, 0.5) is 10.1 Å². The first kappa shape index (κ1) is 15.1. The predicted molar refractivity (Wildman–Crippen MR) is 78.4 cm³/mol. The summed E-state index contributed by atoms with van der Waals surface area (Å²) in [5, 5.41) is 12.4. The zero-order valence-electron chi connectivity index (χ0n) is 11.1. The molecule has 1 unspecified atom stereocenters. The highest BCUT2D eigenvalue weighted by Crippen LogP contribution is 2.26. The summed E-state index contributed by atoms with van der Waals surface area (Å²) in [6, 6.07) is 9.26. The van der Waals surface area contributed by atoms with Gasteiger partial charge in [-0.1, -0.05) is 17.7 Å². The summed E-state index contributed by atoms with van der Waals surface area (Å²) in [4.78, 5) is 11.4. The molecule has 0 fully saturated rings. The Bertz CT molecular complexity index is 663. The van der Waals surface area contributed by atoms with E-state index in [0.29, 0.717) is 11.4 Å². The fourth-order valence-corrected chi connectivity index (χ4v) is 2.07. The smallest absolute Gasteiger partial charge is 0.330 e. The minimum absolute atomic E-state index is 0.0298. The van der Waals surface area contributed by atoms with Crippen molar-refractivity contribution in [1.82, 2.24) is 0 Å². The Balaban J connectivity index is 2.35. The van der Waals surface area contributed by atoms with E-state index in [-0.39, 0.29) is 10.6 Å². The van der Waals surface area contributed by atoms with Gasteiger partial charge in [0.2, 0.25) is 0 Å². The van der Waals surface area contributed by atoms with Gasteiger partial charge in [0.05, 0.1) is 7.11 Å². The van der Waals surface area contributed by atoms with Gasteiger partial charge in [-0.2, -0.15) is 0 Å². The summed E-state index contributed by atoms with van der Waals surface area (Å²) >= 11 is 5.81. The van der Waals surface area contributed by atoms with Crippen LogP contribution in [0.25, 0.3) is 0 Å². The van der Waals surface area contributed by atoms with Gasteiger partial charge in [-0.15, -0.1) is 0 Å². The van der Waals surface area contributed by atoms with Gasteiger partial charge >= 0.3 is 5.97 Å². The Morgan fingerprint density at radius 3 is 2.76 bits per heavy atom. The summed E-state index contributed by atoms with van der Waals surface area (Å²) in [6.45, 7) is 0. The van der Waals surface area contributed by atoms with Crippen LogP contribution in [0, 0.1) is 5.82 Å². The lowest BCUT2D eigenvalue weighted by Gasteiger charge is -2.17. The first-order chi connectivity index (χ1) is 10.0. The fourth-order valence-electron chi connectivity index (χ4n) is 1.89. The number of carboxylic acid groups (broad SMARTS) is 1. The van der Waals surface area contributed by atoms with Gasteiger partial charge in [-0.25, -0.2) is 9.18 Å². The molecule has 110 valence electrons. The van der Waals surface area contributed by atoms with Gasteiger partial charge in [0.25, 0.3) is 0 Å². The third kappa shape index (κ3) is 3.64. The molecule has 6 heteroatoms. The molecule has 2 rings (SSSR count). The molecule has 0 aromatic heterocycles. The number of anilines is 1. The van der Waals surface area contributed by atoms with Crippen molar-refractivity contribution in [2.24, 2.45) is 0 Å². The third-order valence-electron chi connectivity index (χ3n) is 2.90. The first-order valence-corrected chi connectivity index (χ1v) is 6.47. The maximum Gasteiger partial charge on any atom is 0.330 e. The molecule has 0 heterocycles. The Hall–Kier alpha value is -2.27. The second-order valence-corrected chi connectivity index (χ2v) is 4.75. The molecule has 0 amide bonds. The lowest BCUT2D eigenvalue weighted by molar-refractivity contribution is -0.138. The molecule has 0 aliphatic carbocycles. The van der Waals surface area contributed by atoms with Crippen LogP contribution in [0.1, 0.15) is 11.6 Å². The normalized spacial score (nSPS) is 11.8. The highest BCUT2D eigenvalue weighted by atomic mass is 35.5. The van der Waals surface area contributed by atoms with Crippen LogP contribution in [-0.4, -0.2) is 18.2 Å². The van der Waals surface area contributed by atoms with Crippen molar-refractivity contribution < 1.29 is 19.0 Å². The van der Waals surface area contributed by atoms with E-state index in [1.54, 1.807) is 24.3 Å². The molecule has 4 nitrogen and oxygen atoms in total. The van der Waals surface area contributed by atoms with E-state index in [4.69, 9.17) is 16.3 Å². The standard InChI is InChI=1S/C15H13ClFNO3/c1-21-11-4-2-3-10(8-11)18-14(15(19)20)12-7-9(16)5-6-13(12)17/h2-8,14,18H,1H3,(H,19,20). The number of ether oxygens (including phenoxy) is 1. The third-order valence-corrected chi connectivity index (χ3v) is 3.13. The van der Waals surface area contributed by atoms with Crippen LogP contribution >= 0.6 is 11.6 Å². The van der Waals surface area contributed by atoms with Gasteiger partial charge in [-0.3, -0.25) is 0 Å². The Morgan fingerprint density at radius 2 is 2.10 bits per heavy atom. The molecule has 0 saturated carbocycles. The second-order valence-electron chi connectivity index (χ2n) is 4.31. The van der Waals surface area contributed by atoms with Crippen LogP contribution in [0.5, 0.6) is 5.75 Å². The summed E-state index contributed by atoms with van der Waals surface area (Å²) in [5.74, 6) is -1.28. The minimum Gasteiger partial charge on any atom is -0.497 e. The summed E-state index contributed by atoms with van der Waals surface area (Å²) in [6.07, 6.45) is 0. The molecule has 0 aliphatic rings. The van der Waals surface area contributed by atoms with E-state index in [2.05, 4.69) is 5.32 Å². The number of carbonyl (C=O) groups is 1. The van der Waals surface area contributed by atoms with E-state index in [1.165, 1.54) is 19.2 Å².